The maximum atomic E-state index is 12.5. The number of Topliss-reactive ketones (excluding diaryl/α,β-unsaturated/α-hetero) is 2. The van der Waals surface area contributed by atoms with Crippen LogP contribution in [0.1, 0.15) is 219 Å². The summed E-state index contributed by atoms with van der Waals surface area (Å²) in [5.41, 5.74) is 2.64. The van der Waals surface area contributed by atoms with E-state index in [0.717, 1.165) is 109 Å². The minimum Gasteiger partial charge on any atom is -0.793 e. The van der Waals surface area contributed by atoms with Gasteiger partial charge in [0.05, 0.1) is 5.41 Å². The van der Waals surface area contributed by atoms with Crippen molar-refractivity contribution >= 4 is 75.8 Å². The Hall–Kier alpha value is -2.28. The zero-order chi connectivity index (χ0) is 62.0. The molecule has 2 heterocycles. The van der Waals surface area contributed by atoms with Crippen molar-refractivity contribution in [3.63, 3.8) is 0 Å². The molecular formula is C68H117BClLiN2NaO9Si2. The normalized spacial score (nSPS) is 22.9. The van der Waals surface area contributed by atoms with Gasteiger partial charge in [0.2, 0.25) is 11.9 Å². The van der Waals surface area contributed by atoms with Gasteiger partial charge in [0.1, 0.15) is 19.0 Å². The number of rotatable bonds is 3. The van der Waals surface area contributed by atoms with E-state index in [9.17, 15) is 28.8 Å². The number of piperidine rings is 1. The fourth-order valence-electron chi connectivity index (χ4n) is 12.2. The Labute approximate surface area is 563 Å². The zero-order valence-corrected chi connectivity index (χ0v) is 60.8. The third kappa shape index (κ3) is 32.9. The molecule has 1 amide bonds. The number of hydrogen-bond donors (Lipinski definition) is 0. The minimum absolute atomic E-state index is 0. The molecule has 7 aliphatic carbocycles. The first-order chi connectivity index (χ1) is 38.6. The van der Waals surface area contributed by atoms with Crippen LogP contribution in [0.15, 0.2) is 77.9 Å². The summed E-state index contributed by atoms with van der Waals surface area (Å²) in [6.45, 7) is 29.6. The largest absolute Gasteiger partial charge is 1.00 e. The van der Waals surface area contributed by atoms with Gasteiger partial charge < -0.3 is 24.7 Å². The quantitative estimate of drug-likeness (QED) is 0.0673. The minimum atomic E-state index is -1.46. The summed E-state index contributed by atoms with van der Waals surface area (Å²) in [6, 6.07) is 0. The molecular weight excluding hydrogens is 1120 g/mol. The van der Waals surface area contributed by atoms with E-state index < -0.39 is 33.5 Å². The Morgan fingerprint density at radius 2 is 1.12 bits per heavy atom. The zero-order valence-electron chi connectivity index (χ0n) is 57.1. The predicted octanol–water partition coefficient (Wildman–Crippen LogP) is 12.3. The smallest absolute Gasteiger partial charge is 0.793 e. The Morgan fingerprint density at radius 1 is 0.682 bits per heavy atom. The molecule has 3 saturated carbocycles. The standard InChI is InChI=1S/C12H21NOSi.C12H18O.C11H18.C10H15N.C10H14O.C4H6O4.C3H9ClSi.C2H3BO2.C2H6.CH4.CH3.Li.Na/c1-15(2,3)13-10-6-9-12(11(13)14)7-4-5-8-12;1-3-6-10-8-5-9-12(13)11(10)7-4-2;1-10-6-2-3-7-11(10)8-4-5-9-11;1-9-10(5-2-3-6-10)7-4-8-11-9;11-9-5-1-2-6-10(9)7-3-4-8-10;1-3(5)7-8-4(2)6;1-5(2,3)4;1-2(4)5-3;1-2;;;;/h4-5H,6-10H2,1-3H3;3-4,6-7,10-11H,5,8-9H2,1-2H3;4-5,10H,2-3,6-9H2,1H3;2-3H,4-8H2,1H3;3-4H,1-2,5-8H2;1-2H3;1-3H3;1H3;1-2H3;1H4;1H3;;/q;;;;;;;-1;;;-1;2*+1/b;6-3+,7-4+;;;;;;;;;;;/i;;;;;;;;1D;;;;. The molecule has 2 aliphatic heterocycles. The number of halogens is 1. The van der Waals surface area contributed by atoms with Gasteiger partial charge in [-0.05, 0) is 147 Å². The second kappa shape index (κ2) is 45.9. The first kappa shape index (κ1) is 86.9. The third-order valence-electron chi connectivity index (χ3n) is 16.8. The fraction of sp³-hybridized carbons (Fsp3) is 0.706. The van der Waals surface area contributed by atoms with Crippen LogP contribution in [0.2, 0.25) is 39.3 Å². The van der Waals surface area contributed by atoms with Crippen LogP contribution in [0.3, 0.4) is 0 Å². The van der Waals surface area contributed by atoms with Crippen LogP contribution in [0.5, 0.6) is 0 Å². The van der Waals surface area contributed by atoms with E-state index in [-0.39, 0.29) is 80.0 Å². The average molecular weight is 1240 g/mol. The number of allylic oxidation sites excluding steroid dienone is 12. The van der Waals surface area contributed by atoms with Crippen molar-refractivity contribution in [2.75, 3.05) is 13.1 Å². The topological polar surface area (TPSA) is 146 Å². The summed E-state index contributed by atoms with van der Waals surface area (Å²) in [4.78, 5) is 77.0. The second-order valence-electron chi connectivity index (χ2n) is 25.2. The van der Waals surface area contributed by atoms with Crippen molar-refractivity contribution in [1.29, 1.82) is 0 Å². The number of aliphatic imine (C=N–C) groups is 1. The number of nitrogens with zero attached hydrogens (tertiary/aromatic N) is 2. The molecule has 0 N–H and O–H groups in total. The molecule has 11 nitrogen and oxygen atoms in total. The summed E-state index contributed by atoms with van der Waals surface area (Å²) in [5.74, 6) is 1.20. The van der Waals surface area contributed by atoms with Crippen molar-refractivity contribution in [3.8, 4) is 0 Å². The van der Waals surface area contributed by atoms with Crippen LogP contribution in [0.25, 0.3) is 0 Å². The molecule has 3 radical (unpaired) electrons. The number of ketones is 2. The average Bonchev–Trinajstić information content (AvgIpc) is 1.67. The number of hydrogen-bond acceptors (Lipinski definition) is 10. The van der Waals surface area contributed by atoms with Crippen LogP contribution >= 0.6 is 11.1 Å². The van der Waals surface area contributed by atoms with Gasteiger partial charge in [-0.15, -0.1) is 0 Å². The van der Waals surface area contributed by atoms with Crippen molar-refractivity contribution in [1.82, 2.24) is 4.57 Å². The van der Waals surface area contributed by atoms with E-state index in [4.69, 9.17) is 12.4 Å². The summed E-state index contributed by atoms with van der Waals surface area (Å²) in [5, 5.41) is 0. The van der Waals surface area contributed by atoms with Crippen molar-refractivity contribution in [2.24, 2.45) is 44.4 Å². The van der Waals surface area contributed by atoms with E-state index >= 15 is 0 Å². The molecule has 0 aromatic rings. The molecule has 85 heavy (non-hydrogen) atoms. The fourth-order valence-corrected chi connectivity index (χ4v) is 13.9. The summed E-state index contributed by atoms with van der Waals surface area (Å²) in [7, 11) is 1.73. The summed E-state index contributed by atoms with van der Waals surface area (Å²) >= 11 is 5.67. The van der Waals surface area contributed by atoms with Gasteiger partial charge >= 0.3 is 60.4 Å². The van der Waals surface area contributed by atoms with Gasteiger partial charge in [0.25, 0.3) is 0 Å². The summed E-state index contributed by atoms with van der Waals surface area (Å²) < 4.78 is 12.0. The summed E-state index contributed by atoms with van der Waals surface area (Å²) in [6.07, 6.45) is 53.8. The molecule has 0 bridgehead atoms. The van der Waals surface area contributed by atoms with Gasteiger partial charge in [-0.3, -0.25) is 24.2 Å². The SMILES string of the molecule is C.C/C=C/C1CCCC(=O)C1/C=C/C.CC(=O)OOC(C)=O.CC1=NCCCC12CC=CC2.CC1CCCCC12CC=CC2.C[Si](C)(C)Cl.C[Si](C)(C)N1CCCC2(CC=CC2)C1=O.O=C1CCCCC12CC=CC2.[2H]CC.[B-]OC(C)=O.[CH3-].[Li+].[Na+]. The van der Waals surface area contributed by atoms with Gasteiger partial charge in [0, 0.05) is 70.5 Å². The molecule has 1 saturated heterocycles. The predicted molar refractivity (Wildman–Crippen MR) is 356 cm³/mol. The Kier molecular flexibility index (Phi) is 46.9. The van der Waals surface area contributed by atoms with Crippen LogP contribution in [0.4, 0.5) is 0 Å². The molecule has 17 heteroatoms. The first-order valence-corrected chi connectivity index (χ1v) is 38.5. The van der Waals surface area contributed by atoms with Crippen LogP contribution in [0, 0.1) is 46.8 Å². The molecule has 9 rings (SSSR count). The van der Waals surface area contributed by atoms with E-state index in [1.54, 1.807) is 6.92 Å². The molecule has 0 aromatic carbocycles. The van der Waals surface area contributed by atoms with Gasteiger partial charge in [-0.2, -0.15) is 11.1 Å². The number of carbonyl (C=O) groups is 6. The molecule has 3 unspecified atom stereocenters. The molecule has 3 atom stereocenters. The Bertz CT molecular complexity index is 2160. The first-order valence-electron chi connectivity index (χ1n) is 31.2. The van der Waals surface area contributed by atoms with Crippen LogP contribution < -0.4 is 48.4 Å². The van der Waals surface area contributed by atoms with Gasteiger partial charge in [-0.1, -0.05) is 166 Å². The second-order valence-corrected chi connectivity index (χ2v) is 37.6. The van der Waals surface area contributed by atoms with Crippen LogP contribution in [-0.2, 0) is 43.2 Å². The van der Waals surface area contributed by atoms with E-state index in [1.807, 2.05) is 26.0 Å². The van der Waals surface area contributed by atoms with Crippen molar-refractivity contribution < 1.29 is 93.0 Å². The number of carbonyl (C=O) groups excluding carboxylic acids is 6. The van der Waals surface area contributed by atoms with Crippen molar-refractivity contribution in [2.45, 2.75) is 257 Å². The maximum absolute atomic E-state index is 12.5. The molecule has 473 valence electrons. The molecule has 4 spiro atoms. The van der Waals surface area contributed by atoms with E-state index in [2.05, 4.69) is 146 Å². The molecule has 0 aromatic heterocycles. The third-order valence-corrected chi connectivity index (χ3v) is 18.9. The number of amides is 1. The van der Waals surface area contributed by atoms with Crippen LogP contribution in [-0.4, -0.2) is 82.4 Å². The van der Waals surface area contributed by atoms with Crippen molar-refractivity contribution in [3.05, 3.63) is 80.3 Å². The molecule has 4 fully saturated rings. The van der Waals surface area contributed by atoms with Gasteiger partial charge in [0.15, 0.2) is 8.24 Å². The maximum Gasteiger partial charge on any atom is 1.00 e. The molecule has 9 aliphatic rings. The monoisotopic (exact) mass is 1240 g/mol. The van der Waals surface area contributed by atoms with E-state index in [0.29, 0.717) is 35.7 Å². The Morgan fingerprint density at radius 3 is 1.54 bits per heavy atom. The Balaban J connectivity index is -0.000000449. The van der Waals surface area contributed by atoms with E-state index in [1.165, 1.54) is 89.7 Å². The van der Waals surface area contributed by atoms with Gasteiger partial charge in [-0.25, -0.2) is 19.4 Å².